The van der Waals surface area contributed by atoms with Crippen LogP contribution in [0.3, 0.4) is 0 Å². The van der Waals surface area contributed by atoms with Crippen molar-refractivity contribution in [1.82, 2.24) is 20.0 Å². The number of nitrogens with zero attached hydrogens (tertiary/aromatic N) is 4. The van der Waals surface area contributed by atoms with Crippen LogP contribution in [0.1, 0.15) is 33.8 Å². The van der Waals surface area contributed by atoms with Crippen LogP contribution in [0.25, 0.3) is 0 Å². The largest absolute Gasteiger partial charge is 0.461 e. The second kappa shape index (κ2) is 6.12. The van der Waals surface area contributed by atoms with Crippen molar-refractivity contribution in [3.8, 4) is 0 Å². The molecule has 0 saturated heterocycles. The van der Waals surface area contributed by atoms with E-state index in [9.17, 15) is 4.79 Å². The summed E-state index contributed by atoms with van der Waals surface area (Å²) in [5.41, 5.74) is 1.68. The lowest BCUT2D eigenvalue weighted by Crippen LogP contribution is -2.10. The number of halogens is 1. The number of ether oxygens (including phenoxy) is 1. The summed E-state index contributed by atoms with van der Waals surface area (Å²) in [4.78, 5) is 16.0. The van der Waals surface area contributed by atoms with Crippen LogP contribution in [0, 0.1) is 6.92 Å². The molecule has 2 rings (SSSR count). The third-order valence-electron chi connectivity index (χ3n) is 2.38. The highest BCUT2D eigenvalue weighted by Crippen LogP contribution is 2.15. The zero-order valence-corrected chi connectivity index (χ0v) is 12.2. The number of carbonyl (C=O) groups excluding carboxylic acids is 1. The Labute approximate surface area is 119 Å². The maximum atomic E-state index is 11.7. The van der Waals surface area contributed by atoms with E-state index < -0.39 is 5.97 Å². The fourth-order valence-electron chi connectivity index (χ4n) is 1.55. The molecule has 102 valence electrons. The van der Waals surface area contributed by atoms with Crippen LogP contribution in [0.4, 0.5) is 0 Å². The van der Waals surface area contributed by atoms with Crippen LogP contribution >= 0.6 is 22.9 Å². The number of thiazole rings is 1. The fourth-order valence-corrected chi connectivity index (χ4v) is 2.57. The molecule has 0 aliphatic carbocycles. The normalized spacial score (nSPS) is 10.7. The lowest BCUT2D eigenvalue weighted by Gasteiger charge is -2.03. The van der Waals surface area contributed by atoms with Gasteiger partial charge in [-0.25, -0.2) is 14.5 Å². The first kappa shape index (κ1) is 14.0. The van der Waals surface area contributed by atoms with Gasteiger partial charge in [0.2, 0.25) is 0 Å². The summed E-state index contributed by atoms with van der Waals surface area (Å²) in [6.45, 7) is 4.40. The van der Waals surface area contributed by atoms with E-state index in [4.69, 9.17) is 16.3 Å². The van der Waals surface area contributed by atoms with Crippen molar-refractivity contribution in [2.24, 2.45) is 0 Å². The molecular weight excluding hydrogens is 288 g/mol. The van der Waals surface area contributed by atoms with Crippen molar-refractivity contribution in [3.63, 3.8) is 0 Å². The number of carbonyl (C=O) groups is 1. The molecule has 0 aliphatic rings. The Morgan fingerprint density at radius 1 is 1.58 bits per heavy atom. The molecule has 8 heteroatoms. The summed E-state index contributed by atoms with van der Waals surface area (Å²) in [5, 5.41) is 10.6. The molecule has 2 aromatic heterocycles. The van der Waals surface area contributed by atoms with Gasteiger partial charge in [0.25, 0.3) is 0 Å². The molecule has 0 aliphatic heterocycles. The van der Waals surface area contributed by atoms with E-state index >= 15 is 0 Å². The summed E-state index contributed by atoms with van der Waals surface area (Å²) in [5.74, 6) is -0.356. The number of aryl methyl sites for hydroxylation is 1. The van der Waals surface area contributed by atoms with E-state index in [0.717, 1.165) is 10.7 Å². The first-order valence-corrected chi connectivity index (χ1v) is 7.13. The van der Waals surface area contributed by atoms with Gasteiger partial charge in [-0.15, -0.1) is 28.0 Å². The maximum Gasteiger partial charge on any atom is 0.360 e. The lowest BCUT2D eigenvalue weighted by atomic mass is 10.3. The topological polar surface area (TPSA) is 69.9 Å². The molecule has 0 unspecified atom stereocenters. The number of hydrogen-bond donors (Lipinski definition) is 0. The second-order valence-electron chi connectivity index (χ2n) is 3.78. The summed E-state index contributed by atoms with van der Waals surface area (Å²) in [6.07, 6.45) is 0. The van der Waals surface area contributed by atoms with Crippen molar-refractivity contribution in [2.75, 3.05) is 6.61 Å². The minimum atomic E-state index is -0.500. The average molecular weight is 301 g/mol. The second-order valence-corrected chi connectivity index (χ2v) is 4.99. The quantitative estimate of drug-likeness (QED) is 0.624. The van der Waals surface area contributed by atoms with Gasteiger partial charge in [0.1, 0.15) is 5.01 Å². The molecule has 0 amide bonds. The summed E-state index contributed by atoms with van der Waals surface area (Å²) >= 11 is 7.40. The molecule has 2 aromatic rings. The zero-order valence-electron chi connectivity index (χ0n) is 10.6. The Bertz CT molecular complexity index is 581. The molecule has 0 atom stereocenters. The van der Waals surface area contributed by atoms with Gasteiger partial charge < -0.3 is 4.74 Å². The van der Waals surface area contributed by atoms with Crippen molar-refractivity contribution in [2.45, 2.75) is 26.3 Å². The maximum absolute atomic E-state index is 11.7. The number of esters is 1. The molecule has 0 bridgehead atoms. The highest BCUT2D eigenvalue weighted by Gasteiger charge is 2.20. The Morgan fingerprint density at radius 2 is 2.37 bits per heavy atom. The van der Waals surface area contributed by atoms with Crippen molar-refractivity contribution >= 4 is 28.9 Å². The van der Waals surface area contributed by atoms with Gasteiger partial charge in [0.05, 0.1) is 24.7 Å². The van der Waals surface area contributed by atoms with Crippen LogP contribution < -0.4 is 0 Å². The van der Waals surface area contributed by atoms with Crippen molar-refractivity contribution in [3.05, 3.63) is 27.5 Å². The fraction of sp³-hybridized carbons (Fsp3) is 0.455. The van der Waals surface area contributed by atoms with Gasteiger partial charge in [-0.05, 0) is 13.8 Å². The Hall–Kier alpha value is -1.47. The van der Waals surface area contributed by atoms with E-state index in [1.165, 1.54) is 11.3 Å². The van der Waals surface area contributed by atoms with Crippen LogP contribution in [0.5, 0.6) is 0 Å². The van der Waals surface area contributed by atoms with Crippen LogP contribution in [-0.4, -0.2) is 32.6 Å². The smallest absolute Gasteiger partial charge is 0.360 e. The van der Waals surface area contributed by atoms with Gasteiger partial charge in [0.15, 0.2) is 5.69 Å². The molecule has 0 saturated carbocycles. The van der Waals surface area contributed by atoms with E-state index in [1.807, 2.05) is 12.3 Å². The highest BCUT2D eigenvalue weighted by atomic mass is 35.5. The standard InChI is InChI=1S/C11H13ClN4O2S/c1-3-18-11(17)10-8(4-12)16(15-14-10)5-9-13-7(2)6-19-9/h6H,3-5H2,1-2H3. The third-order valence-corrected chi connectivity index (χ3v) is 3.59. The SMILES string of the molecule is CCOC(=O)c1nnn(Cc2nc(C)cs2)c1CCl. The van der Waals surface area contributed by atoms with E-state index in [2.05, 4.69) is 15.3 Å². The van der Waals surface area contributed by atoms with Crippen molar-refractivity contribution < 1.29 is 9.53 Å². The molecule has 0 spiro atoms. The lowest BCUT2D eigenvalue weighted by molar-refractivity contribution is 0.0518. The summed E-state index contributed by atoms with van der Waals surface area (Å²) in [6, 6.07) is 0. The van der Waals surface area contributed by atoms with Crippen LogP contribution in [-0.2, 0) is 17.2 Å². The van der Waals surface area contributed by atoms with Gasteiger partial charge in [-0.3, -0.25) is 0 Å². The average Bonchev–Trinajstić information content (AvgIpc) is 2.96. The number of alkyl halides is 1. The van der Waals surface area contributed by atoms with E-state index in [1.54, 1.807) is 11.6 Å². The number of rotatable bonds is 5. The third kappa shape index (κ3) is 3.10. The number of aromatic nitrogens is 4. The van der Waals surface area contributed by atoms with Gasteiger partial charge in [0, 0.05) is 11.1 Å². The predicted octanol–water partition coefficient (Wildman–Crippen LogP) is 2.01. The Morgan fingerprint density at radius 3 is 2.95 bits per heavy atom. The van der Waals surface area contributed by atoms with Crippen LogP contribution in [0.2, 0.25) is 0 Å². The Balaban J connectivity index is 2.24. The zero-order chi connectivity index (χ0) is 13.8. The molecule has 0 N–H and O–H groups in total. The minimum absolute atomic E-state index is 0.144. The predicted molar refractivity (Wildman–Crippen MR) is 71.5 cm³/mol. The van der Waals surface area contributed by atoms with Gasteiger partial charge in [-0.2, -0.15) is 0 Å². The van der Waals surface area contributed by atoms with E-state index in [-0.39, 0.29) is 11.6 Å². The molecule has 0 radical (unpaired) electrons. The molecule has 6 nitrogen and oxygen atoms in total. The molecular formula is C11H13ClN4O2S. The van der Waals surface area contributed by atoms with Crippen molar-refractivity contribution in [1.29, 1.82) is 0 Å². The monoisotopic (exact) mass is 300 g/mol. The first-order valence-electron chi connectivity index (χ1n) is 5.72. The molecule has 0 aromatic carbocycles. The molecule has 2 heterocycles. The molecule has 0 fully saturated rings. The highest BCUT2D eigenvalue weighted by molar-refractivity contribution is 7.09. The van der Waals surface area contributed by atoms with E-state index in [0.29, 0.717) is 18.8 Å². The summed E-state index contributed by atoms with van der Waals surface area (Å²) in [7, 11) is 0. The number of hydrogen-bond acceptors (Lipinski definition) is 6. The first-order chi connectivity index (χ1) is 9.15. The van der Waals surface area contributed by atoms with Crippen LogP contribution in [0.15, 0.2) is 5.38 Å². The van der Waals surface area contributed by atoms with Gasteiger partial charge >= 0.3 is 5.97 Å². The Kier molecular flexibility index (Phi) is 4.49. The summed E-state index contributed by atoms with van der Waals surface area (Å²) < 4.78 is 6.49. The van der Waals surface area contributed by atoms with Gasteiger partial charge in [-0.1, -0.05) is 5.21 Å². The minimum Gasteiger partial charge on any atom is -0.461 e. The molecule has 19 heavy (non-hydrogen) atoms.